The zero-order valence-electron chi connectivity index (χ0n) is 15.2. The van der Waals surface area contributed by atoms with Crippen LogP contribution in [0.5, 0.6) is 5.88 Å². The number of benzene rings is 1. The van der Waals surface area contributed by atoms with Crippen molar-refractivity contribution in [3.05, 3.63) is 53.2 Å². The van der Waals surface area contributed by atoms with Crippen LogP contribution in [0.3, 0.4) is 0 Å². The van der Waals surface area contributed by atoms with Crippen molar-refractivity contribution in [1.82, 2.24) is 10.2 Å². The maximum absolute atomic E-state index is 11.2. The van der Waals surface area contributed by atoms with Crippen LogP contribution < -0.4 is 4.74 Å². The van der Waals surface area contributed by atoms with Crippen molar-refractivity contribution < 1.29 is 9.53 Å². The molecule has 0 amide bonds. The maximum Gasteiger partial charge on any atom is 0.233 e. The molecule has 0 N–H and O–H groups in total. The van der Waals surface area contributed by atoms with E-state index in [1.807, 2.05) is 26.0 Å². The van der Waals surface area contributed by atoms with Crippen LogP contribution in [0.4, 0.5) is 0 Å². The van der Waals surface area contributed by atoms with Gasteiger partial charge < -0.3 is 9.53 Å². The molecule has 1 aromatic carbocycles. The summed E-state index contributed by atoms with van der Waals surface area (Å²) in [5.74, 6) is 7.19. The van der Waals surface area contributed by atoms with E-state index in [9.17, 15) is 4.79 Å². The zero-order chi connectivity index (χ0) is 18.2. The molecule has 4 nitrogen and oxygen atoms in total. The predicted molar refractivity (Wildman–Crippen MR) is 98.4 cm³/mol. The number of rotatable bonds is 6. The molecule has 0 bridgehead atoms. The lowest BCUT2D eigenvalue weighted by Gasteiger charge is -2.09. The molecule has 0 saturated heterocycles. The average Bonchev–Trinajstić information content (AvgIpc) is 2.54. The number of carbonyl (C=O) groups excluding carboxylic acids is 1. The second-order valence-corrected chi connectivity index (χ2v) is 6.59. The minimum Gasteiger partial charge on any atom is -0.474 e. The Morgan fingerprint density at radius 1 is 1.04 bits per heavy atom. The molecule has 0 aliphatic carbocycles. The second kappa shape index (κ2) is 8.98. The number of hydrogen-bond acceptors (Lipinski definition) is 4. The third-order valence-corrected chi connectivity index (χ3v) is 3.51. The van der Waals surface area contributed by atoms with Gasteiger partial charge in [0.15, 0.2) is 0 Å². The molecular weight excluding hydrogens is 312 g/mol. The molecule has 2 rings (SSSR count). The lowest BCUT2D eigenvalue weighted by Crippen LogP contribution is -2.07. The number of ketones is 1. The molecule has 0 aliphatic heterocycles. The Labute approximate surface area is 149 Å². The molecule has 0 saturated carbocycles. The van der Waals surface area contributed by atoms with Gasteiger partial charge in [-0.15, -0.1) is 10.2 Å². The highest BCUT2D eigenvalue weighted by molar-refractivity contribution is 5.75. The van der Waals surface area contributed by atoms with Gasteiger partial charge in [0.05, 0.1) is 6.10 Å². The summed E-state index contributed by atoms with van der Waals surface area (Å²) in [5, 5.41) is 8.05. The predicted octanol–water partition coefficient (Wildman–Crippen LogP) is 3.82. The van der Waals surface area contributed by atoms with Crippen molar-refractivity contribution in [3.8, 4) is 17.7 Å². The monoisotopic (exact) mass is 336 g/mol. The van der Waals surface area contributed by atoms with Gasteiger partial charge in [-0.25, -0.2) is 0 Å². The van der Waals surface area contributed by atoms with Crippen molar-refractivity contribution in [2.75, 3.05) is 0 Å². The number of carbonyl (C=O) groups is 1. The first-order chi connectivity index (χ1) is 11.9. The lowest BCUT2D eigenvalue weighted by atomic mass is 9.96. The molecule has 1 heterocycles. The summed E-state index contributed by atoms with van der Waals surface area (Å²) in [6.45, 7) is 7.62. The van der Waals surface area contributed by atoms with E-state index in [1.54, 1.807) is 19.1 Å². The molecule has 0 fully saturated rings. The third kappa shape index (κ3) is 6.76. The first kappa shape index (κ1) is 18.7. The number of Topliss-reactive ketones (excluding diaryl/α,β-unsaturated/α-hetero) is 1. The van der Waals surface area contributed by atoms with Gasteiger partial charge in [0, 0.05) is 18.1 Å². The molecule has 130 valence electrons. The summed E-state index contributed by atoms with van der Waals surface area (Å²) in [4.78, 5) is 11.2. The first-order valence-corrected chi connectivity index (χ1v) is 8.53. The van der Waals surface area contributed by atoms with Crippen LogP contribution >= 0.6 is 0 Å². The van der Waals surface area contributed by atoms with E-state index in [-0.39, 0.29) is 11.9 Å². The molecule has 0 spiro atoms. The summed E-state index contributed by atoms with van der Waals surface area (Å²) in [6, 6.07) is 11.7. The fraction of sp³-hybridized carbons (Fsp3) is 0.381. The standard InChI is InChI=1S/C21H24N2O2/c1-15(2)25-21-12-11-20(22-23-21)10-9-18-5-7-19(8-6-18)14-16(3)13-17(4)24/h5-8,11-12,15-16H,13-14H2,1-4H3. The Kier molecular flexibility index (Phi) is 6.71. The summed E-state index contributed by atoms with van der Waals surface area (Å²) >= 11 is 0. The van der Waals surface area contributed by atoms with Crippen LogP contribution in [0.2, 0.25) is 0 Å². The topological polar surface area (TPSA) is 52.1 Å². The van der Waals surface area contributed by atoms with E-state index in [4.69, 9.17) is 4.74 Å². The van der Waals surface area contributed by atoms with Crippen molar-refractivity contribution in [3.63, 3.8) is 0 Å². The summed E-state index contributed by atoms with van der Waals surface area (Å²) < 4.78 is 5.46. The van der Waals surface area contributed by atoms with E-state index < -0.39 is 0 Å². The number of hydrogen-bond donors (Lipinski definition) is 0. The van der Waals surface area contributed by atoms with Gasteiger partial charge in [-0.2, -0.15) is 0 Å². The van der Waals surface area contributed by atoms with E-state index in [2.05, 4.69) is 41.1 Å². The largest absolute Gasteiger partial charge is 0.474 e. The highest BCUT2D eigenvalue weighted by Crippen LogP contribution is 2.13. The van der Waals surface area contributed by atoms with Crippen molar-refractivity contribution >= 4 is 5.78 Å². The second-order valence-electron chi connectivity index (χ2n) is 6.59. The number of ether oxygens (including phenoxy) is 1. The lowest BCUT2D eigenvalue weighted by molar-refractivity contribution is -0.117. The van der Waals surface area contributed by atoms with Gasteiger partial charge in [-0.3, -0.25) is 0 Å². The van der Waals surface area contributed by atoms with Crippen LogP contribution in [0, 0.1) is 17.8 Å². The Morgan fingerprint density at radius 3 is 2.32 bits per heavy atom. The molecule has 0 aliphatic rings. The first-order valence-electron chi connectivity index (χ1n) is 8.53. The third-order valence-electron chi connectivity index (χ3n) is 3.51. The summed E-state index contributed by atoms with van der Waals surface area (Å²) in [6.07, 6.45) is 1.59. The normalized spacial score (nSPS) is 11.6. The smallest absolute Gasteiger partial charge is 0.233 e. The van der Waals surface area contributed by atoms with E-state index in [0.29, 0.717) is 23.9 Å². The summed E-state index contributed by atoms with van der Waals surface area (Å²) in [5.41, 5.74) is 2.75. The molecule has 4 heteroatoms. The van der Waals surface area contributed by atoms with Crippen molar-refractivity contribution in [1.29, 1.82) is 0 Å². The van der Waals surface area contributed by atoms with Gasteiger partial charge in [0.2, 0.25) is 5.88 Å². The molecular formula is C21H24N2O2. The number of aromatic nitrogens is 2. The van der Waals surface area contributed by atoms with Gasteiger partial charge in [-0.05, 0) is 62.8 Å². The Hall–Kier alpha value is -2.67. The fourth-order valence-corrected chi connectivity index (χ4v) is 2.52. The van der Waals surface area contributed by atoms with Crippen LogP contribution in [-0.4, -0.2) is 22.1 Å². The van der Waals surface area contributed by atoms with Crippen LogP contribution in [0.1, 0.15) is 50.9 Å². The molecule has 1 atom stereocenters. The average molecular weight is 336 g/mol. The number of nitrogens with zero attached hydrogens (tertiary/aromatic N) is 2. The minimum absolute atomic E-state index is 0.0721. The fourth-order valence-electron chi connectivity index (χ4n) is 2.52. The minimum atomic E-state index is 0.0721. The highest BCUT2D eigenvalue weighted by Gasteiger charge is 2.06. The molecule has 0 radical (unpaired) electrons. The van der Waals surface area contributed by atoms with Crippen LogP contribution in [0.25, 0.3) is 0 Å². The van der Waals surface area contributed by atoms with E-state index in [0.717, 1.165) is 12.0 Å². The molecule has 25 heavy (non-hydrogen) atoms. The quantitative estimate of drug-likeness (QED) is 0.753. The van der Waals surface area contributed by atoms with Crippen LogP contribution in [-0.2, 0) is 11.2 Å². The highest BCUT2D eigenvalue weighted by atomic mass is 16.5. The van der Waals surface area contributed by atoms with Gasteiger partial charge in [0.1, 0.15) is 11.5 Å². The van der Waals surface area contributed by atoms with Gasteiger partial charge in [0.25, 0.3) is 0 Å². The zero-order valence-corrected chi connectivity index (χ0v) is 15.2. The van der Waals surface area contributed by atoms with Crippen molar-refractivity contribution in [2.45, 2.75) is 46.6 Å². The molecule has 2 aromatic rings. The van der Waals surface area contributed by atoms with Crippen molar-refractivity contribution in [2.24, 2.45) is 5.92 Å². The Bertz CT molecular complexity index is 753. The SMILES string of the molecule is CC(=O)CC(C)Cc1ccc(C#Cc2ccc(OC(C)C)nn2)cc1. The molecule has 1 unspecified atom stereocenters. The Morgan fingerprint density at radius 2 is 1.76 bits per heavy atom. The summed E-state index contributed by atoms with van der Waals surface area (Å²) in [7, 11) is 0. The van der Waals surface area contributed by atoms with Gasteiger partial charge in [-0.1, -0.05) is 25.0 Å². The maximum atomic E-state index is 11.2. The van der Waals surface area contributed by atoms with Crippen LogP contribution in [0.15, 0.2) is 36.4 Å². The van der Waals surface area contributed by atoms with E-state index >= 15 is 0 Å². The molecule has 1 aromatic heterocycles. The van der Waals surface area contributed by atoms with Gasteiger partial charge >= 0.3 is 0 Å². The van der Waals surface area contributed by atoms with E-state index in [1.165, 1.54) is 5.56 Å². The Balaban J connectivity index is 1.97.